The van der Waals surface area contributed by atoms with Crippen molar-refractivity contribution in [1.82, 2.24) is 4.98 Å². The zero-order valence-electron chi connectivity index (χ0n) is 9.38. The molecule has 15 heavy (non-hydrogen) atoms. The molecular formula is C11H17BrN2S. The van der Waals surface area contributed by atoms with E-state index in [1.54, 1.807) is 6.20 Å². The molecular weight excluding hydrogens is 272 g/mol. The zero-order chi connectivity index (χ0) is 11.3. The fourth-order valence-electron chi connectivity index (χ4n) is 1.02. The highest BCUT2D eigenvalue weighted by Crippen LogP contribution is 2.22. The Bertz CT molecular complexity index is 292. The van der Waals surface area contributed by atoms with Crippen molar-refractivity contribution in [2.24, 2.45) is 0 Å². The molecule has 0 unspecified atom stereocenters. The molecule has 0 aliphatic carbocycles. The number of nitrogens with one attached hydrogen (secondary N) is 1. The third kappa shape index (κ3) is 6.05. The van der Waals surface area contributed by atoms with Gasteiger partial charge in [-0.15, -0.1) is 0 Å². The first-order valence-electron chi connectivity index (χ1n) is 4.97. The number of thioether (sulfide) groups is 1. The Morgan fingerprint density at radius 1 is 1.40 bits per heavy atom. The van der Waals surface area contributed by atoms with Crippen LogP contribution in [0.25, 0.3) is 0 Å². The molecule has 0 bridgehead atoms. The first kappa shape index (κ1) is 12.8. The van der Waals surface area contributed by atoms with Crippen LogP contribution in [-0.2, 0) is 0 Å². The normalized spacial score (nSPS) is 11.5. The van der Waals surface area contributed by atoms with Crippen LogP contribution < -0.4 is 5.32 Å². The summed E-state index contributed by atoms with van der Waals surface area (Å²) >= 11 is 5.32. The number of pyridine rings is 1. The Hall–Kier alpha value is -0.220. The molecule has 0 aromatic carbocycles. The van der Waals surface area contributed by atoms with E-state index in [1.807, 2.05) is 23.9 Å². The number of nitrogens with zero attached hydrogens (tertiary/aromatic N) is 1. The van der Waals surface area contributed by atoms with Gasteiger partial charge in [-0.25, -0.2) is 4.98 Å². The molecule has 4 heteroatoms. The second-order valence-electron chi connectivity index (χ2n) is 4.25. The Labute approximate surface area is 104 Å². The van der Waals surface area contributed by atoms with Crippen molar-refractivity contribution in [3.05, 3.63) is 22.8 Å². The van der Waals surface area contributed by atoms with Crippen LogP contribution in [0.2, 0.25) is 0 Å². The van der Waals surface area contributed by atoms with Crippen molar-refractivity contribution in [1.29, 1.82) is 0 Å². The lowest BCUT2D eigenvalue weighted by atomic mass is 10.3. The molecule has 1 N–H and O–H groups in total. The molecule has 0 atom stereocenters. The molecule has 1 aromatic rings. The minimum atomic E-state index is 0.342. The summed E-state index contributed by atoms with van der Waals surface area (Å²) in [5, 5.41) is 3.29. The quantitative estimate of drug-likeness (QED) is 0.854. The zero-order valence-corrected chi connectivity index (χ0v) is 11.8. The second-order valence-corrected chi connectivity index (χ2v) is 7.09. The maximum Gasteiger partial charge on any atom is 0.125 e. The highest BCUT2D eigenvalue weighted by atomic mass is 79.9. The summed E-state index contributed by atoms with van der Waals surface area (Å²) in [7, 11) is 0. The number of anilines is 1. The smallest absolute Gasteiger partial charge is 0.125 e. The lowest BCUT2D eigenvalue weighted by Crippen LogP contribution is -2.13. The van der Waals surface area contributed by atoms with Crippen molar-refractivity contribution < 1.29 is 0 Å². The van der Waals surface area contributed by atoms with Crippen molar-refractivity contribution >= 4 is 33.5 Å². The maximum atomic E-state index is 4.25. The number of rotatable bonds is 4. The van der Waals surface area contributed by atoms with Crippen LogP contribution >= 0.6 is 27.7 Å². The molecule has 0 saturated carbocycles. The molecule has 0 radical (unpaired) electrons. The Kier molecular flexibility index (Phi) is 4.93. The molecule has 0 aliphatic rings. The predicted molar refractivity (Wildman–Crippen MR) is 72.6 cm³/mol. The number of aromatic nitrogens is 1. The number of hydrogen-bond donors (Lipinski definition) is 1. The topological polar surface area (TPSA) is 24.9 Å². The van der Waals surface area contributed by atoms with Crippen LogP contribution in [0.4, 0.5) is 5.82 Å². The van der Waals surface area contributed by atoms with Gasteiger partial charge in [0.2, 0.25) is 0 Å². The minimum absolute atomic E-state index is 0.342. The van der Waals surface area contributed by atoms with Gasteiger partial charge in [-0.2, -0.15) is 11.8 Å². The van der Waals surface area contributed by atoms with E-state index < -0.39 is 0 Å². The van der Waals surface area contributed by atoms with Crippen LogP contribution in [0.1, 0.15) is 20.8 Å². The average molecular weight is 289 g/mol. The van der Waals surface area contributed by atoms with E-state index in [9.17, 15) is 0 Å². The van der Waals surface area contributed by atoms with E-state index in [0.29, 0.717) is 4.75 Å². The molecule has 84 valence electrons. The molecule has 1 heterocycles. The molecule has 0 amide bonds. The Morgan fingerprint density at radius 3 is 2.67 bits per heavy atom. The molecule has 0 spiro atoms. The summed E-state index contributed by atoms with van der Waals surface area (Å²) in [5.74, 6) is 2.04. The summed E-state index contributed by atoms with van der Waals surface area (Å²) in [4.78, 5) is 4.25. The first-order valence-corrected chi connectivity index (χ1v) is 6.75. The predicted octanol–water partition coefficient (Wildman–Crippen LogP) is 3.79. The summed E-state index contributed by atoms with van der Waals surface area (Å²) < 4.78 is 1.35. The highest BCUT2D eigenvalue weighted by Gasteiger charge is 2.09. The minimum Gasteiger partial charge on any atom is -0.369 e. The second kappa shape index (κ2) is 5.75. The molecule has 1 rings (SSSR count). The van der Waals surface area contributed by atoms with E-state index in [4.69, 9.17) is 0 Å². The largest absolute Gasteiger partial charge is 0.369 e. The van der Waals surface area contributed by atoms with Gasteiger partial charge in [0.1, 0.15) is 5.82 Å². The van der Waals surface area contributed by atoms with Crippen LogP contribution in [0.15, 0.2) is 22.8 Å². The van der Waals surface area contributed by atoms with E-state index in [2.05, 4.69) is 47.0 Å². The van der Waals surface area contributed by atoms with E-state index >= 15 is 0 Å². The molecule has 0 aliphatic heterocycles. The summed E-state index contributed by atoms with van der Waals surface area (Å²) in [5.41, 5.74) is 0. The molecule has 0 saturated heterocycles. The SMILES string of the molecule is CC(C)(C)SCCNc1ccc(Br)cn1. The summed E-state index contributed by atoms with van der Waals surface area (Å²) in [6.07, 6.45) is 1.80. The molecule has 0 fully saturated rings. The maximum absolute atomic E-state index is 4.25. The molecule has 2 nitrogen and oxygen atoms in total. The third-order valence-corrected chi connectivity index (χ3v) is 3.41. The van der Waals surface area contributed by atoms with Gasteiger partial charge >= 0.3 is 0 Å². The van der Waals surface area contributed by atoms with Gasteiger partial charge < -0.3 is 5.32 Å². The lowest BCUT2D eigenvalue weighted by molar-refractivity contribution is 0.802. The van der Waals surface area contributed by atoms with Crippen molar-refractivity contribution in [3.63, 3.8) is 0 Å². The van der Waals surface area contributed by atoms with Crippen LogP contribution in [0, 0.1) is 0 Å². The Balaban J connectivity index is 2.23. The van der Waals surface area contributed by atoms with Gasteiger partial charge in [0.05, 0.1) is 0 Å². The fourth-order valence-corrected chi connectivity index (χ4v) is 2.07. The van der Waals surface area contributed by atoms with Crippen LogP contribution in [0.5, 0.6) is 0 Å². The summed E-state index contributed by atoms with van der Waals surface area (Å²) in [6, 6.07) is 3.97. The van der Waals surface area contributed by atoms with Crippen molar-refractivity contribution in [2.45, 2.75) is 25.5 Å². The fraction of sp³-hybridized carbons (Fsp3) is 0.545. The highest BCUT2D eigenvalue weighted by molar-refractivity contribution is 9.10. The Morgan fingerprint density at radius 2 is 2.13 bits per heavy atom. The lowest BCUT2D eigenvalue weighted by Gasteiger charge is -2.17. The monoisotopic (exact) mass is 288 g/mol. The van der Waals surface area contributed by atoms with Gasteiger partial charge in [0.25, 0.3) is 0 Å². The van der Waals surface area contributed by atoms with Crippen molar-refractivity contribution in [2.75, 3.05) is 17.6 Å². The van der Waals surface area contributed by atoms with Gasteiger partial charge in [0, 0.05) is 27.7 Å². The average Bonchev–Trinajstić information content (AvgIpc) is 2.14. The van der Waals surface area contributed by atoms with E-state index in [0.717, 1.165) is 22.6 Å². The van der Waals surface area contributed by atoms with Crippen LogP contribution in [-0.4, -0.2) is 22.0 Å². The van der Waals surface area contributed by atoms with Gasteiger partial charge in [0.15, 0.2) is 0 Å². The van der Waals surface area contributed by atoms with E-state index in [1.165, 1.54) is 0 Å². The van der Waals surface area contributed by atoms with Crippen molar-refractivity contribution in [3.8, 4) is 0 Å². The van der Waals surface area contributed by atoms with Gasteiger partial charge in [-0.1, -0.05) is 20.8 Å². The van der Waals surface area contributed by atoms with Crippen LogP contribution in [0.3, 0.4) is 0 Å². The molecule has 1 aromatic heterocycles. The first-order chi connectivity index (χ1) is 6.97. The van der Waals surface area contributed by atoms with Gasteiger partial charge in [-0.05, 0) is 28.1 Å². The number of halogens is 1. The van der Waals surface area contributed by atoms with E-state index in [-0.39, 0.29) is 0 Å². The number of hydrogen-bond acceptors (Lipinski definition) is 3. The van der Waals surface area contributed by atoms with Gasteiger partial charge in [-0.3, -0.25) is 0 Å². The third-order valence-electron chi connectivity index (χ3n) is 1.67. The summed E-state index contributed by atoms with van der Waals surface area (Å²) in [6.45, 7) is 7.65. The standard InChI is InChI=1S/C11H17BrN2S/c1-11(2,3)15-7-6-13-10-5-4-9(12)8-14-10/h4-5,8H,6-7H2,1-3H3,(H,13,14).